The Bertz CT molecular complexity index is 875. The minimum absolute atomic E-state index is 0.297. The van der Waals surface area contributed by atoms with Crippen LogP contribution in [0.5, 0.6) is 0 Å². The third kappa shape index (κ3) is 3.26. The number of fused-ring (bicyclic) bond motifs is 1. The molecule has 2 aliphatic rings. The molecule has 2 N–H and O–H groups in total. The Morgan fingerprint density at radius 3 is 2.42 bits per heavy atom. The van der Waals surface area contributed by atoms with Gasteiger partial charge in [-0.1, -0.05) is 37.6 Å². The van der Waals surface area contributed by atoms with E-state index >= 15 is 0 Å². The Labute approximate surface area is 156 Å². The van der Waals surface area contributed by atoms with Gasteiger partial charge in [-0.2, -0.15) is 0 Å². The van der Waals surface area contributed by atoms with Crippen LogP contribution in [0.4, 0.5) is 5.69 Å². The summed E-state index contributed by atoms with van der Waals surface area (Å²) in [5.74, 6) is 0.747. The van der Waals surface area contributed by atoms with Gasteiger partial charge in [-0.25, -0.2) is 8.42 Å². The van der Waals surface area contributed by atoms with Crippen LogP contribution in [0, 0.1) is 5.92 Å². The number of hydrogen-bond donors (Lipinski definition) is 2. The number of nitrogens with one attached hydrogen (secondary N) is 2. The van der Waals surface area contributed by atoms with Gasteiger partial charge in [0.15, 0.2) is 0 Å². The van der Waals surface area contributed by atoms with Crippen molar-refractivity contribution in [2.75, 3.05) is 17.8 Å². The van der Waals surface area contributed by atoms with Crippen molar-refractivity contribution in [3.63, 3.8) is 0 Å². The van der Waals surface area contributed by atoms with Gasteiger partial charge in [-0.3, -0.25) is 4.72 Å². The number of hydrogen-bond acceptors (Lipinski definition) is 3. The largest absolute Gasteiger partial charge is 0.316 e. The average molecular weight is 371 g/mol. The molecule has 0 radical (unpaired) electrons. The maximum absolute atomic E-state index is 12.6. The van der Waals surface area contributed by atoms with Gasteiger partial charge in [0.25, 0.3) is 10.0 Å². The number of anilines is 1. The molecule has 4 nitrogen and oxygen atoms in total. The van der Waals surface area contributed by atoms with Crippen molar-refractivity contribution >= 4 is 15.7 Å². The Hall–Kier alpha value is -1.85. The van der Waals surface area contributed by atoms with Crippen LogP contribution in [0.3, 0.4) is 0 Å². The molecule has 1 saturated carbocycles. The molecule has 2 atom stereocenters. The third-order valence-electron chi connectivity index (χ3n) is 5.83. The Morgan fingerprint density at radius 1 is 1.12 bits per heavy atom. The van der Waals surface area contributed by atoms with Crippen molar-refractivity contribution in [2.45, 2.75) is 42.9 Å². The highest BCUT2D eigenvalue weighted by Gasteiger charge is 2.57. The lowest BCUT2D eigenvalue weighted by molar-refractivity contribution is 0.601. The lowest BCUT2D eigenvalue weighted by Gasteiger charge is -2.14. The fourth-order valence-electron chi connectivity index (χ4n) is 4.09. The number of unbranched alkanes of at least 4 members (excludes halogenated alkanes) is 1. The molecule has 5 heteroatoms. The summed E-state index contributed by atoms with van der Waals surface area (Å²) in [5, 5.41) is 3.44. The lowest BCUT2D eigenvalue weighted by atomic mass is 9.95. The molecule has 26 heavy (non-hydrogen) atoms. The summed E-state index contributed by atoms with van der Waals surface area (Å²) in [6.45, 7) is 4.29. The molecule has 4 rings (SSSR count). The van der Waals surface area contributed by atoms with Gasteiger partial charge >= 0.3 is 0 Å². The van der Waals surface area contributed by atoms with Crippen LogP contribution in [0.15, 0.2) is 53.4 Å². The summed E-state index contributed by atoms with van der Waals surface area (Å²) in [4.78, 5) is 0.308. The van der Waals surface area contributed by atoms with Gasteiger partial charge < -0.3 is 5.32 Å². The standard InChI is InChI=1S/C21H26N2O2S/c1-2-3-4-16-5-11-20(12-6-16)26(24,25)23-19-9-7-17(8-10-19)21-13-18(21)14-22-15-21/h5-12,18,22-23H,2-4,13-15H2,1H3. The zero-order chi connectivity index (χ0) is 18.2. The van der Waals surface area contributed by atoms with Gasteiger partial charge in [0.1, 0.15) is 0 Å². The number of aryl methyl sites for hydroxylation is 1. The van der Waals surface area contributed by atoms with Gasteiger partial charge in [-0.05, 0) is 67.1 Å². The van der Waals surface area contributed by atoms with Gasteiger partial charge in [0.05, 0.1) is 4.90 Å². The van der Waals surface area contributed by atoms with Crippen LogP contribution in [-0.4, -0.2) is 21.5 Å². The van der Waals surface area contributed by atoms with Gasteiger partial charge in [0.2, 0.25) is 0 Å². The molecule has 2 fully saturated rings. The first-order valence-corrected chi connectivity index (χ1v) is 10.9. The van der Waals surface area contributed by atoms with E-state index in [1.165, 1.54) is 17.5 Å². The number of sulfonamides is 1. The fourth-order valence-corrected chi connectivity index (χ4v) is 5.15. The maximum Gasteiger partial charge on any atom is 0.261 e. The van der Waals surface area contributed by atoms with Crippen LogP contribution in [0.2, 0.25) is 0 Å². The summed E-state index contributed by atoms with van der Waals surface area (Å²) in [5.41, 5.74) is 3.41. The van der Waals surface area contributed by atoms with E-state index in [0.29, 0.717) is 16.0 Å². The molecule has 2 unspecified atom stereocenters. The highest BCUT2D eigenvalue weighted by Crippen LogP contribution is 2.56. The monoisotopic (exact) mass is 370 g/mol. The Balaban J connectivity index is 1.45. The van der Waals surface area contributed by atoms with Crippen molar-refractivity contribution in [1.29, 1.82) is 0 Å². The van der Waals surface area contributed by atoms with Crippen molar-refractivity contribution in [2.24, 2.45) is 5.92 Å². The van der Waals surface area contributed by atoms with Gasteiger partial charge in [0, 0.05) is 17.6 Å². The molecule has 2 aromatic rings. The Morgan fingerprint density at radius 2 is 1.85 bits per heavy atom. The first-order chi connectivity index (χ1) is 12.5. The second-order valence-corrected chi connectivity index (χ2v) is 9.30. The maximum atomic E-state index is 12.6. The van der Waals surface area contributed by atoms with Crippen LogP contribution < -0.4 is 10.0 Å². The van der Waals surface area contributed by atoms with Crippen LogP contribution in [0.1, 0.15) is 37.3 Å². The van der Waals surface area contributed by atoms with E-state index in [1.54, 1.807) is 12.1 Å². The zero-order valence-electron chi connectivity index (χ0n) is 15.2. The van der Waals surface area contributed by atoms with Gasteiger partial charge in [-0.15, -0.1) is 0 Å². The smallest absolute Gasteiger partial charge is 0.261 e. The Kier molecular flexibility index (Phi) is 4.53. The average Bonchev–Trinajstić information content (AvgIpc) is 3.21. The van der Waals surface area contributed by atoms with E-state index in [0.717, 1.165) is 38.3 Å². The van der Waals surface area contributed by atoms with Crippen LogP contribution in [0.25, 0.3) is 0 Å². The van der Waals surface area contributed by atoms with Crippen molar-refractivity contribution in [1.82, 2.24) is 5.32 Å². The summed E-state index contributed by atoms with van der Waals surface area (Å²) in [6.07, 6.45) is 4.49. The molecule has 1 heterocycles. The first-order valence-electron chi connectivity index (χ1n) is 9.46. The topological polar surface area (TPSA) is 58.2 Å². The molecule has 0 amide bonds. The SMILES string of the molecule is CCCCc1ccc(S(=O)(=O)Nc2ccc(C34CNCC3C4)cc2)cc1. The van der Waals surface area contributed by atoms with E-state index in [1.807, 2.05) is 24.3 Å². The normalized spacial score (nSPS) is 24.3. The molecule has 0 bridgehead atoms. The quantitative estimate of drug-likeness (QED) is 0.781. The molecule has 1 aliphatic heterocycles. The lowest BCUT2D eigenvalue weighted by Crippen LogP contribution is -2.19. The van der Waals surface area contributed by atoms with Crippen molar-refractivity contribution < 1.29 is 8.42 Å². The highest BCUT2D eigenvalue weighted by molar-refractivity contribution is 7.92. The third-order valence-corrected chi connectivity index (χ3v) is 7.23. The second-order valence-electron chi connectivity index (χ2n) is 7.62. The molecule has 138 valence electrons. The summed E-state index contributed by atoms with van der Waals surface area (Å²) in [7, 11) is -3.55. The second kappa shape index (κ2) is 6.71. The minimum atomic E-state index is -3.55. The van der Waals surface area contributed by atoms with Crippen LogP contribution >= 0.6 is 0 Å². The molecule has 0 spiro atoms. The summed E-state index contributed by atoms with van der Waals surface area (Å²) in [6, 6.07) is 15.1. The predicted molar refractivity (Wildman–Crippen MR) is 105 cm³/mol. The van der Waals surface area contributed by atoms with Crippen molar-refractivity contribution in [3.8, 4) is 0 Å². The molecule has 1 aliphatic carbocycles. The van der Waals surface area contributed by atoms with E-state index in [4.69, 9.17) is 0 Å². The first kappa shape index (κ1) is 17.6. The molecule has 0 aromatic heterocycles. The number of rotatable bonds is 7. The summed E-state index contributed by atoms with van der Waals surface area (Å²) >= 11 is 0. The van der Waals surface area contributed by atoms with E-state index in [9.17, 15) is 8.42 Å². The van der Waals surface area contributed by atoms with Crippen LogP contribution in [-0.2, 0) is 21.9 Å². The molecule has 1 saturated heterocycles. The zero-order valence-corrected chi connectivity index (χ0v) is 16.0. The molecule has 2 aromatic carbocycles. The minimum Gasteiger partial charge on any atom is -0.316 e. The summed E-state index contributed by atoms with van der Waals surface area (Å²) < 4.78 is 27.9. The number of piperidine rings is 1. The fraction of sp³-hybridized carbons (Fsp3) is 0.429. The highest BCUT2D eigenvalue weighted by atomic mass is 32.2. The number of benzene rings is 2. The van der Waals surface area contributed by atoms with E-state index in [2.05, 4.69) is 29.1 Å². The molecular formula is C21H26N2O2S. The predicted octanol–water partition coefficient (Wildman–Crippen LogP) is 3.69. The van der Waals surface area contributed by atoms with Crippen molar-refractivity contribution in [3.05, 3.63) is 59.7 Å². The molecular weight excluding hydrogens is 344 g/mol. The van der Waals surface area contributed by atoms with E-state index in [-0.39, 0.29) is 0 Å². The van der Waals surface area contributed by atoms with E-state index < -0.39 is 10.0 Å².